The van der Waals surface area contributed by atoms with Crippen LogP contribution in [0.1, 0.15) is 52.4 Å². The fourth-order valence-corrected chi connectivity index (χ4v) is 3.68. The second kappa shape index (κ2) is 9.50. The van der Waals surface area contributed by atoms with Crippen LogP contribution in [0, 0.1) is 0 Å². The first-order chi connectivity index (χ1) is 13.2. The number of hydrogen-bond donors (Lipinski definition) is 0. The first kappa shape index (κ1) is 19.3. The Kier molecular flexibility index (Phi) is 6.80. The Morgan fingerprint density at radius 2 is 1.70 bits per heavy atom. The van der Waals surface area contributed by atoms with E-state index in [1.54, 1.807) is 0 Å². The second-order valence-electron chi connectivity index (χ2n) is 7.31. The van der Waals surface area contributed by atoms with Gasteiger partial charge in [-0.3, -0.25) is 4.79 Å². The number of fused-ring (bicyclic) bond motifs is 1. The van der Waals surface area contributed by atoms with Gasteiger partial charge >= 0.3 is 0 Å². The number of hydrogen-bond acceptors (Lipinski definition) is 1. The Hall–Kier alpha value is -2.42. The number of unbranched alkanes of at least 4 members (excludes halogenated alkanes) is 4. The number of aromatic nitrogens is 2. The molecule has 2 heterocycles. The van der Waals surface area contributed by atoms with Crippen molar-refractivity contribution in [1.29, 1.82) is 0 Å². The molecule has 27 heavy (non-hydrogen) atoms. The SMILES string of the molecule is CCCCCn1c(-c2ccc[n+](CCCCC)c2)cc(=O)c2ccccc21. The molecular weight excluding hydrogens is 332 g/mol. The van der Waals surface area contributed by atoms with Crippen LogP contribution in [0.4, 0.5) is 0 Å². The molecule has 0 amide bonds. The van der Waals surface area contributed by atoms with Crippen molar-refractivity contribution in [2.24, 2.45) is 0 Å². The second-order valence-corrected chi connectivity index (χ2v) is 7.31. The molecule has 0 radical (unpaired) electrons. The monoisotopic (exact) mass is 363 g/mol. The zero-order valence-electron chi connectivity index (χ0n) is 16.7. The van der Waals surface area contributed by atoms with Gasteiger partial charge in [0.15, 0.2) is 17.8 Å². The number of para-hydroxylation sites is 1. The van der Waals surface area contributed by atoms with Gasteiger partial charge in [0.05, 0.1) is 16.8 Å². The van der Waals surface area contributed by atoms with Crippen LogP contribution in [0.15, 0.2) is 59.7 Å². The topological polar surface area (TPSA) is 25.9 Å². The Bertz CT molecular complexity index is 943. The summed E-state index contributed by atoms with van der Waals surface area (Å²) >= 11 is 0. The first-order valence-corrected chi connectivity index (χ1v) is 10.4. The van der Waals surface area contributed by atoms with E-state index >= 15 is 0 Å². The minimum absolute atomic E-state index is 0.105. The van der Waals surface area contributed by atoms with E-state index in [9.17, 15) is 4.79 Å². The van der Waals surface area contributed by atoms with Gasteiger partial charge in [-0.2, -0.15) is 0 Å². The number of rotatable bonds is 9. The molecule has 0 atom stereocenters. The minimum Gasteiger partial charge on any atom is -0.340 e. The van der Waals surface area contributed by atoms with Crippen molar-refractivity contribution >= 4 is 10.9 Å². The average Bonchev–Trinajstić information content (AvgIpc) is 2.70. The van der Waals surface area contributed by atoms with Crippen molar-refractivity contribution in [1.82, 2.24) is 4.57 Å². The van der Waals surface area contributed by atoms with Crippen LogP contribution < -0.4 is 10.00 Å². The van der Waals surface area contributed by atoms with E-state index in [2.05, 4.69) is 53.6 Å². The number of nitrogens with zero attached hydrogens (tertiary/aromatic N) is 2. The van der Waals surface area contributed by atoms with Gasteiger partial charge in [0, 0.05) is 30.5 Å². The largest absolute Gasteiger partial charge is 0.340 e. The molecule has 0 unspecified atom stereocenters. The summed E-state index contributed by atoms with van der Waals surface area (Å²) in [6.45, 7) is 6.41. The van der Waals surface area contributed by atoms with E-state index in [1.807, 2.05) is 24.3 Å². The molecule has 0 saturated carbocycles. The Morgan fingerprint density at radius 3 is 2.52 bits per heavy atom. The predicted molar refractivity (Wildman–Crippen MR) is 113 cm³/mol. The molecule has 0 aliphatic rings. The zero-order chi connectivity index (χ0) is 19.1. The average molecular weight is 364 g/mol. The van der Waals surface area contributed by atoms with Crippen LogP contribution in [0.25, 0.3) is 22.2 Å². The summed E-state index contributed by atoms with van der Waals surface area (Å²) in [4.78, 5) is 12.7. The molecule has 2 aromatic heterocycles. The van der Waals surface area contributed by atoms with Crippen LogP contribution in [0.5, 0.6) is 0 Å². The molecule has 0 spiro atoms. The van der Waals surface area contributed by atoms with E-state index in [1.165, 1.54) is 32.1 Å². The maximum Gasteiger partial charge on any atom is 0.190 e. The molecule has 0 N–H and O–H groups in total. The van der Waals surface area contributed by atoms with E-state index in [0.717, 1.165) is 41.7 Å². The van der Waals surface area contributed by atoms with Crippen molar-refractivity contribution in [2.45, 2.75) is 65.5 Å². The molecule has 3 rings (SSSR count). The summed E-state index contributed by atoms with van der Waals surface area (Å²) in [6, 6.07) is 14.0. The third-order valence-electron chi connectivity index (χ3n) is 5.18. The normalized spacial score (nSPS) is 11.2. The molecule has 142 valence electrons. The lowest BCUT2D eigenvalue weighted by atomic mass is 10.1. The number of benzene rings is 1. The van der Waals surface area contributed by atoms with Crippen molar-refractivity contribution in [3.8, 4) is 11.3 Å². The Labute approximate surface area is 162 Å². The highest BCUT2D eigenvalue weighted by atomic mass is 16.1. The maximum atomic E-state index is 12.7. The number of pyridine rings is 2. The standard InChI is InChI=1S/C24H31N2O/c1-3-5-9-15-25-16-11-12-20(19-25)23-18-24(27)21-13-7-8-14-22(21)26(23)17-10-6-4-2/h7-8,11-14,16,18-19H,3-6,9-10,15,17H2,1-2H3/q+1. The molecule has 3 heteroatoms. The van der Waals surface area contributed by atoms with Crippen molar-refractivity contribution in [3.05, 3.63) is 65.1 Å². The molecule has 0 bridgehead atoms. The smallest absolute Gasteiger partial charge is 0.190 e. The third-order valence-corrected chi connectivity index (χ3v) is 5.18. The van der Waals surface area contributed by atoms with E-state index in [-0.39, 0.29) is 5.43 Å². The predicted octanol–water partition coefficient (Wildman–Crippen LogP) is 5.34. The summed E-state index contributed by atoms with van der Waals surface area (Å²) in [5.41, 5.74) is 3.29. The molecule has 0 aliphatic carbocycles. The van der Waals surface area contributed by atoms with Gasteiger partial charge in [-0.05, 0) is 31.0 Å². The Balaban J connectivity index is 2.06. The van der Waals surface area contributed by atoms with Gasteiger partial charge < -0.3 is 4.57 Å². The minimum atomic E-state index is 0.105. The Morgan fingerprint density at radius 1 is 0.926 bits per heavy atom. The van der Waals surface area contributed by atoms with Gasteiger partial charge in [-0.25, -0.2) is 4.57 Å². The number of aryl methyl sites for hydroxylation is 2. The third kappa shape index (κ3) is 4.65. The lowest BCUT2D eigenvalue weighted by molar-refractivity contribution is -0.696. The first-order valence-electron chi connectivity index (χ1n) is 10.4. The van der Waals surface area contributed by atoms with Gasteiger partial charge in [0.25, 0.3) is 0 Å². The summed E-state index contributed by atoms with van der Waals surface area (Å²) in [5.74, 6) is 0. The van der Waals surface area contributed by atoms with Crippen molar-refractivity contribution < 1.29 is 4.57 Å². The fraction of sp³-hybridized carbons (Fsp3) is 0.417. The highest BCUT2D eigenvalue weighted by molar-refractivity contribution is 5.82. The van der Waals surface area contributed by atoms with Gasteiger partial charge in [-0.15, -0.1) is 0 Å². The van der Waals surface area contributed by atoms with E-state index < -0.39 is 0 Å². The summed E-state index contributed by atoms with van der Waals surface area (Å²) in [5, 5.41) is 0.810. The highest BCUT2D eigenvalue weighted by Crippen LogP contribution is 2.22. The lowest BCUT2D eigenvalue weighted by Gasteiger charge is -2.16. The van der Waals surface area contributed by atoms with Gasteiger partial charge in [-0.1, -0.05) is 45.2 Å². The van der Waals surface area contributed by atoms with Crippen LogP contribution in [-0.2, 0) is 13.1 Å². The maximum absolute atomic E-state index is 12.7. The molecule has 1 aromatic carbocycles. The van der Waals surface area contributed by atoms with Crippen LogP contribution in [-0.4, -0.2) is 4.57 Å². The fourth-order valence-electron chi connectivity index (χ4n) is 3.68. The van der Waals surface area contributed by atoms with Crippen LogP contribution in [0.3, 0.4) is 0 Å². The summed E-state index contributed by atoms with van der Waals surface area (Å²) in [7, 11) is 0. The van der Waals surface area contributed by atoms with E-state index in [0.29, 0.717) is 0 Å². The van der Waals surface area contributed by atoms with Crippen LogP contribution in [0.2, 0.25) is 0 Å². The molecule has 0 fully saturated rings. The molecule has 3 aromatic rings. The summed E-state index contributed by atoms with van der Waals surface area (Å²) in [6.07, 6.45) is 11.5. The molecule has 0 aliphatic heterocycles. The quantitative estimate of drug-likeness (QED) is 0.372. The van der Waals surface area contributed by atoms with Crippen LogP contribution >= 0.6 is 0 Å². The van der Waals surface area contributed by atoms with Gasteiger partial charge in [0.1, 0.15) is 6.54 Å². The highest BCUT2D eigenvalue weighted by Gasteiger charge is 2.13. The summed E-state index contributed by atoms with van der Waals surface area (Å²) < 4.78 is 4.58. The zero-order valence-corrected chi connectivity index (χ0v) is 16.7. The molecule has 3 nitrogen and oxygen atoms in total. The van der Waals surface area contributed by atoms with Crippen molar-refractivity contribution in [3.63, 3.8) is 0 Å². The molecule has 0 saturated heterocycles. The van der Waals surface area contributed by atoms with E-state index in [4.69, 9.17) is 0 Å². The van der Waals surface area contributed by atoms with Crippen molar-refractivity contribution in [2.75, 3.05) is 0 Å². The lowest BCUT2D eigenvalue weighted by Crippen LogP contribution is -2.33. The molecular formula is C24H31N2O+. The van der Waals surface area contributed by atoms with Gasteiger partial charge in [0.2, 0.25) is 0 Å².